The number of carboxylic acid groups (broad SMARTS) is 1. The van der Waals surface area contributed by atoms with Gasteiger partial charge in [0.1, 0.15) is 13.2 Å². The molecule has 7 nitrogen and oxygen atoms in total. The predicted molar refractivity (Wildman–Crippen MR) is 75.1 cm³/mol. The van der Waals surface area contributed by atoms with Gasteiger partial charge in [0.15, 0.2) is 0 Å². The van der Waals surface area contributed by atoms with Gasteiger partial charge in [-0.2, -0.15) is 0 Å². The van der Waals surface area contributed by atoms with E-state index in [2.05, 4.69) is 15.4 Å². The molecule has 1 aromatic heterocycles. The minimum absolute atomic E-state index is 0.0901. The van der Waals surface area contributed by atoms with E-state index < -0.39 is 31.1 Å². The zero-order chi connectivity index (χ0) is 15.2. The van der Waals surface area contributed by atoms with Crippen LogP contribution in [0.5, 0.6) is 0 Å². The quantitative estimate of drug-likeness (QED) is 0.754. The fourth-order valence-electron chi connectivity index (χ4n) is 2.22. The molecule has 0 saturated carbocycles. The number of fused-ring (bicyclic) bond motifs is 1. The van der Waals surface area contributed by atoms with Crippen molar-refractivity contribution in [3.63, 3.8) is 0 Å². The number of aryl methyl sites for hydroxylation is 1. The van der Waals surface area contributed by atoms with Crippen molar-refractivity contribution in [2.24, 2.45) is 0 Å². The van der Waals surface area contributed by atoms with E-state index in [1.54, 1.807) is 11.3 Å². The molecule has 3 amide bonds. The minimum atomic E-state index is -1.17. The molecule has 1 unspecified atom stereocenters. The summed E-state index contributed by atoms with van der Waals surface area (Å²) in [7, 11) is 0. The van der Waals surface area contributed by atoms with Gasteiger partial charge in [-0.1, -0.05) is 0 Å². The minimum Gasteiger partial charge on any atom is -0.480 e. The lowest BCUT2D eigenvalue weighted by Crippen LogP contribution is -2.43. The number of thiophene rings is 1. The average Bonchev–Trinajstić information content (AvgIpc) is 2.87. The van der Waals surface area contributed by atoms with Crippen LogP contribution in [0.1, 0.15) is 29.3 Å². The lowest BCUT2D eigenvalue weighted by atomic mass is 9.94. The zero-order valence-corrected chi connectivity index (χ0v) is 12.1. The first-order valence-corrected chi connectivity index (χ1v) is 7.40. The zero-order valence-electron chi connectivity index (χ0n) is 11.3. The Labute approximate surface area is 125 Å². The highest BCUT2D eigenvalue weighted by Crippen LogP contribution is 2.33. The SMILES string of the molecule is O=C(O)COCC(=O)NC(=O)NC1CCCc2sccc21. The monoisotopic (exact) mass is 312 g/mol. The molecule has 0 spiro atoms. The molecule has 0 aliphatic heterocycles. The van der Waals surface area contributed by atoms with Gasteiger partial charge in [-0.25, -0.2) is 9.59 Å². The van der Waals surface area contributed by atoms with Crippen LogP contribution in [0.3, 0.4) is 0 Å². The smallest absolute Gasteiger partial charge is 0.329 e. The molecular weight excluding hydrogens is 296 g/mol. The summed E-state index contributed by atoms with van der Waals surface area (Å²) in [6, 6.07) is 1.30. The molecule has 2 rings (SSSR count). The van der Waals surface area contributed by atoms with Crippen LogP contribution in [0, 0.1) is 0 Å². The maximum atomic E-state index is 11.7. The molecular formula is C13H16N2O5S. The molecule has 0 saturated heterocycles. The molecule has 1 aromatic rings. The molecule has 21 heavy (non-hydrogen) atoms. The van der Waals surface area contributed by atoms with Gasteiger partial charge >= 0.3 is 12.0 Å². The molecule has 1 aliphatic carbocycles. The Morgan fingerprint density at radius 1 is 1.38 bits per heavy atom. The van der Waals surface area contributed by atoms with Crippen molar-refractivity contribution in [2.75, 3.05) is 13.2 Å². The number of carbonyl (C=O) groups is 3. The predicted octanol–water partition coefficient (Wildman–Crippen LogP) is 1.05. The molecule has 3 N–H and O–H groups in total. The van der Waals surface area contributed by atoms with Crippen molar-refractivity contribution in [3.8, 4) is 0 Å². The van der Waals surface area contributed by atoms with E-state index in [4.69, 9.17) is 5.11 Å². The standard InChI is InChI=1S/C13H16N2O5S/c16-11(6-20-7-12(17)18)15-13(19)14-9-2-1-3-10-8(9)4-5-21-10/h4-5,9H,1-3,6-7H2,(H,17,18)(H2,14,15,16,19). The van der Waals surface area contributed by atoms with E-state index in [-0.39, 0.29) is 6.04 Å². The van der Waals surface area contributed by atoms with Crippen LogP contribution < -0.4 is 10.6 Å². The third kappa shape index (κ3) is 4.54. The summed E-state index contributed by atoms with van der Waals surface area (Å²) < 4.78 is 4.60. The Balaban J connectivity index is 1.78. The summed E-state index contributed by atoms with van der Waals surface area (Å²) in [5.74, 6) is -1.84. The molecule has 0 aromatic carbocycles. The lowest BCUT2D eigenvalue weighted by Gasteiger charge is -2.23. The molecule has 0 radical (unpaired) electrons. The number of nitrogens with one attached hydrogen (secondary N) is 2. The summed E-state index contributed by atoms with van der Waals surface area (Å²) >= 11 is 1.67. The number of carbonyl (C=O) groups excluding carboxylic acids is 2. The number of hydrogen-bond donors (Lipinski definition) is 3. The van der Waals surface area contributed by atoms with Gasteiger partial charge < -0.3 is 15.2 Å². The number of urea groups is 1. The Hall–Kier alpha value is -1.93. The molecule has 0 fully saturated rings. The maximum Gasteiger partial charge on any atom is 0.329 e. The molecule has 1 aliphatic rings. The van der Waals surface area contributed by atoms with Gasteiger partial charge in [0.2, 0.25) is 0 Å². The van der Waals surface area contributed by atoms with Crippen molar-refractivity contribution in [1.29, 1.82) is 0 Å². The summed E-state index contributed by atoms with van der Waals surface area (Å²) in [5, 5.41) is 15.2. The number of hydrogen-bond acceptors (Lipinski definition) is 5. The Kier molecular flexibility index (Phi) is 5.29. The van der Waals surface area contributed by atoms with E-state index in [1.165, 1.54) is 4.88 Å². The number of amides is 3. The van der Waals surface area contributed by atoms with Crippen molar-refractivity contribution in [1.82, 2.24) is 10.6 Å². The number of ether oxygens (including phenoxy) is 1. The Morgan fingerprint density at radius 3 is 2.95 bits per heavy atom. The summed E-state index contributed by atoms with van der Waals surface area (Å²) in [6.07, 6.45) is 2.85. The molecule has 8 heteroatoms. The average molecular weight is 312 g/mol. The molecule has 1 atom stereocenters. The summed E-state index contributed by atoms with van der Waals surface area (Å²) in [5.41, 5.74) is 1.11. The van der Waals surface area contributed by atoms with E-state index >= 15 is 0 Å². The van der Waals surface area contributed by atoms with Gasteiger partial charge in [-0.15, -0.1) is 11.3 Å². The van der Waals surface area contributed by atoms with Gasteiger partial charge in [0, 0.05) is 4.88 Å². The van der Waals surface area contributed by atoms with Crippen molar-refractivity contribution in [3.05, 3.63) is 21.9 Å². The first kappa shape index (κ1) is 15.5. The number of imide groups is 1. The molecule has 114 valence electrons. The Morgan fingerprint density at radius 2 is 2.19 bits per heavy atom. The second-order valence-electron chi connectivity index (χ2n) is 4.65. The van der Waals surface area contributed by atoms with E-state index in [1.807, 2.05) is 11.4 Å². The lowest BCUT2D eigenvalue weighted by molar-refractivity contribution is -0.143. The number of rotatable bonds is 5. The normalized spacial score (nSPS) is 16.9. The number of carboxylic acids is 1. The first-order chi connectivity index (χ1) is 10.1. The third-order valence-electron chi connectivity index (χ3n) is 3.07. The second kappa shape index (κ2) is 7.19. The molecule has 0 bridgehead atoms. The van der Waals surface area contributed by atoms with Crippen LogP contribution in [0.25, 0.3) is 0 Å². The summed E-state index contributed by atoms with van der Waals surface area (Å²) in [4.78, 5) is 34.6. The van der Waals surface area contributed by atoms with Crippen molar-refractivity contribution in [2.45, 2.75) is 25.3 Å². The van der Waals surface area contributed by atoms with Crippen molar-refractivity contribution < 1.29 is 24.2 Å². The Bertz CT molecular complexity index is 542. The van der Waals surface area contributed by atoms with Crippen LogP contribution in [0.15, 0.2) is 11.4 Å². The third-order valence-corrected chi connectivity index (χ3v) is 4.07. The van der Waals surface area contributed by atoms with Crippen LogP contribution in [0.4, 0.5) is 4.79 Å². The van der Waals surface area contributed by atoms with Crippen LogP contribution in [0.2, 0.25) is 0 Å². The van der Waals surface area contributed by atoms with Crippen LogP contribution >= 0.6 is 11.3 Å². The first-order valence-electron chi connectivity index (χ1n) is 6.52. The van der Waals surface area contributed by atoms with Gasteiger partial charge in [-0.3, -0.25) is 10.1 Å². The van der Waals surface area contributed by atoms with Gasteiger partial charge in [0.05, 0.1) is 6.04 Å². The van der Waals surface area contributed by atoms with Crippen LogP contribution in [-0.4, -0.2) is 36.2 Å². The van der Waals surface area contributed by atoms with Crippen LogP contribution in [-0.2, 0) is 20.7 Å². The van der Waals surface area contributed by atoms with E-state index in [9.17, 15) is 14.4 Å². The van der Waals surface area contributed by atoms with Gasteiger partial charge in [-0.05, 0) is 36.3 Å². The topological polar surface area (TPSA) is 105 Å². The second-order valence-corrected chi connectivity index (χ2v) is 5.65. The molecule has 1 heterocycles. The fraction of sp³-hybridized carbons (Fsp3) is 0.462. The van der Waals surface area contributed by atoms with Gasteiger partial charge in [0.25, 0.3) is 5.91 Å². The maximum absolute atomic E-state index is 11.7. The highest BCUT2D eigenvalue weighted by molar-refractivity contribution is 7.10. The van der Waals surface area contributed by atoms with E-state index in [0.717, 1.165) is 24.8 Å². The number of aliphatic carboxylic acids is 1. The van der Waals surface area contributed by atoms with E-state index in [0.29, 0.717) is 0 Å². The fourth-order valence-corrected chi connectivity index (χ4v) is 3.21. The summed E-state index contributed by atoms with van der Waals surface area (Å²) in [6.45, 7) is -1.04. The highest BCUT2D eigenvalue weighted by Gasteiger charge is 2.23. The highest BCUT2D eigenvalue weighted by atomic mass is 32.1. The van der Waals surface area contributed by atoms with Crippen molar-refractivity contribution >= 4 is 29.2 Å². The largest absolute Gasteiger partial charge is 0.480 e.